The quantitative estimate of drug-likeness (QED) is 0.463. The van der Waals surface area contributed by atoms with Crippen molar-refractivity contribution in [1.29, 1.82) is 0 Å². The summed E-state index contributed by atoms with van der Waals surface area (Å²) in [7, 11) is 0. The molecule has 3 aromatic heterocycles. The Morgan fingerprint density at radius 1 is 1.00 bits per heavy atom. The van der Waals surface area contributed by atoms with Gasteiger partial charge in [0.05, 0.1) is 18.9 Å². The van der Waals surface area contributed by atoms with Crippen molar-refractivity contribution in [2.45, 2.75) is 19.4 Å². The van der Waals surface area contributed by atoms with E-state index in [0.29, 0.717) is 35.6 Å². The van der Waals surface area contributed by atoms with E-state index in [0.717, 1.165) is 17.7 Å². The van der Waals surface area contributed by atoms with Gasteiger partial charge in [-0.2, -0.15) is 0 Å². The van der Waals surface area contributed by atoms with Crippen LogP contribution in [0.5, 0.6) is 0 Å². The van der Waals surface area contributed by atoms with Gasteiger partial charge in [0.15, 0.2) is 5.58 Å². The first kappa shape index (κ1) is 23.1. The number of halogens is 2. The molecule has 1 aromatic carbocycles. The van der Waals surface area contributed by atoms with E-state index in [1.807, 2.05) is 0 Å². The van der Waals surface area contributed by atoms with Gasteiger partial charge in [-0.05, 0) is 49.7 Å². The van der Waals surface area contributed by atoms with Crippen molar-refractivity contribution in [2.24, 2.45) is 0 Å². The van der Waals surface area contributed by atoms with Crippen LogP contribution in [-0.4, -0.2) is 52.2 Å². The molecule has 0 atom stereocenters. The van der Waals surface area contributed by atoms with Crippen molar-refractivity contribution in [1.82, 2.24) is 14.9 Å². The van der Waals surface area contributed by atoms with Crippen molar-refractivity contribution in [3.8, 4) is 22.5 Å². The van der Waals surface area contributed by atoms with Gasteiger partial charge < -0.3 is 19.2 Å². The zero-order chi connectivity index (χ0) is 24.7. The Bertz CT molecular complexity index is 1400. The smallest absolute Gasteiger partial charge is 0.259 e. The molecule has 1 amide bonds. The molecule has 1 aliphatic rings. The second-order valence-electron chi connectivity index (χ2n) is 8.89. The second-order valence-corrected chi connectivity index (χ2v) is 8.89. The average Bonchev–Trinajstić information content (AvgIpc) is 3.28. The average molecular weight is 479 g/mol. The molecule has 9 heteroatoms. The van der Waals surface area contributed by atoms with Gasteiger partial charge in [-0.3, -0.25) is 14.8 Å². The molecular formula is C26H23F2N3O4. The summed E-state index contributed by atoms with van der Waals surface area (Å²) in [6.45, 7) is 4.50. The highest BCUT2D eigenvalue weighted by atomic mass is 19.1. The molecule has 0 unspecified atom stereocenters. The van der Waals surface area contributed by atoms with Gasteiger partial charge in [0, 0.05) is 42.7 Å². The summed E-state index contributed by atoms with van der Waals surface area (Å²) in [4.78, 5) is 22.6. The molecule has 35 heavy (non-hydrogen) atoms. The van der Waals surface area contributed by atoms with Crippen LogP contribution in [0.2, 0.25) is 0 Å². The molecule has 0 aliphatic carbocycles. The molecule has 0 bridgehead atoms. The standard InChI is InChI=1S/C26H23F2N3O4/c1-26(2,33)22-13-15(3-5-30-22)17-4-6-29-20-14-21(35-24(17)20)16-11-18(27)23(19(28)12-16)25(32)31-7-9-34-10-8-31/h3-6,11-14,33H,7-10H2,1-2H3. The third-order valence-corrected chi connectivity index (χ3v) is 5.95. The van der Waals surface area contributed by atoms with Crippen LogP contribution in [0.1, 0.15) is 29.9 Å². The number of ether oxygens (including phenoxy) is 1. The van der Waals surface area contributed by atoms with Crippen LogP contribution in [0.15, 0.2) is 53.2 Å². The van der Waals surface area contributed by atoms with Crippen molar-refractivity contribution in [3.63, 3.8) is 0 Å². The molecule has 0 spiro atoms. The zero-order valence-corrected chi connectivity index (χ0v) is 19.2. The maximum Gasteiger partial charge on any atom is 0.259 e. The number of hydrogen-bond donors (Lipinski definition) is 1. The van der Waals surface area contributed by atoms with Crippen molar-refractivity contribution in [3.05, 3.63) is 71.7 Å². The first-order valence-electron chi connectivity index (χ1n) is 11.2. The number of furan rings is 1. The number of benzene rings is 1. The number of aromatic nitrogens is 2. The topological polar surface area (TPSA) is 88.7 Å². The van der Waals surface area contributed by atoms with E-state index in [9.17, 15) is 18.7 Å². The number of hydrogen-bond acceptors (Lipinski definition) is 6. The number of morpholine rings is 1. The van der Waals surface area contributed by atoms with Crippen molar-refractivity contribution < 1.29 is 27.8 Å². The number of pyridine rings is 2. The number of carbonyl (C=O) groups excluding carboxylic acids is 1. The van der Waals surface area contributed by atoms with Crippen LogP contribution in [0.25, 0.3) is 33.6 Å². The van der Waals surface area contributed by atoms with E-state index in [1.54, 1.807) is 50.5 Å². The van der Waals surface area contributed by atoms with E-state index in [1.165, 1.54) is 4.90 Å². The normalized spacial score (nSPS) is 14.5. The summed E-state index contributed by atoms with van der Waals surface area (Å²) in [6, 6.07) is 9.05. The van der Waals surface area contributed by atoms with Crippen LogP contribution >= 0.6 is 0 Å². The number of rotatable bonds is 4. The van der Waals surface area contributed by atoms with E-state index in [4.69, 9.17) is 9.15 Å². The molecule has 0 radical (unpaired) electrons. The van der Waals surface area contributed by atoms with Gasteiger partial charge in [0.2, 0.25) is 0 Å². The summed E-state index contributed by atoms with van der Waals surface area (Å²) < 4.78 is 41.1. The molecule has 0 saturated carbocycles. The maximum atomic E-state index is 15.0. The molecule has 5 rings (SSSR count). The van der Waals surface area contributed by atoms with Crippen LogP contribution < -0.4 is 0 Å². The number of amides is 1. The van der Waals surface area contributed by atoms with Crippen LogP contribution in [-0.2, 0) is 10.3 Å². The lowest BCUT2D eigenvalue weighted by Crippen LogP contribution is -2.41. The van der Waals surface area contributed by atoms with Crippen LogP contribution in [0.4, 0.5) is 8.78 Å². The first-order chi connectivity index (χ1) is 16.7. The molecule has 4 aromatic rings. The minimum atomic E-state index is -1.13. The number of carbonyl (C=O) groups is 1. The molecule has 1 fully saturated rings. The summed E-state index contributed by atoms with van der Waals surface area (Å²) in [5, 5.41) is 10.3. The first-order valence-corrected chi connectivity index (χ1v) is 11.2. The Labute approximate surface area is 200 Å². The monoisotopic (exact) mass is 479 g/mol. The molecule has 1 aliphatic heterocycles. The fourth-order valence-corrected chi connectivity index (χ4v) is 4.08. The third-order valence-electron chi connectivity index (χ3n) is 5.95. The van der Waals surface area contributed by atoms with E-state index in [2.05, 4.69) is 9.97 Å². The van der Waals surface area contributed by atoms with Gasteiger partial charge in [0.1, 0.15) is 34.1 Å². The van der Waals surface area contributed by atoms with Gasteiger partial charge in [-0.1, -0.05) is 0 Å². The summed E-state index contributed by atoms with van der Waals surface area (Å²) in [5.41, 5.74) is 1.25. The summed E-state index contributed by atoms with van der Waals surface area (Å²) in [5.74, 6) is -2.42. The van der Waals surface area contributed by atoms with Gasteiger partial charge in [-0.15, -0.1) is 0 Å². The van der Waals surface area contributed by atoms with Crippen LogP contribution in [0, 0.1) is 11.6 Å². The van der Waals surface area contributed by atoms with E-state index in [-0.39, 0.29) is 24.4 Å². The largest absolute Gasteiger partial charge is 0.454 e. The molecular weight excluding hydrogens is 456 g/mol. The summed E-state index contributed by atoms with van der Waals surface area (Å²) >= 11 is 0. The predicted molar refractivity (Wildman–Crippen MR) is 125 cm³/mol. The Kier molecular flexibility index (Phi) is 5.82. The summed E-state index contributed by atoms with van der Waals surface area (Å²) in [6.07, 6.45) is 3.19. The van der Waals surface area contributed by atoms with Gasteiger partial charge >= 0.3 is 0 Å². The number of nitrogens with zero attached hydrogens (tertiary/aromatic N) is 3. The number of aliphatic hydroxyl groups is 1. The highest BCUT2D eigenvalue weighted by Crippen LogP contribution is 2.35. The predicted octanol–water partition coefficient (Wildman–Crippen LogP) is 4.53. The van der Waals surface area contributed by atoms with Gasteiger partial charge in [0.25, 0.3) is 5.91 Å². The molecule has 180 valence electrons. The molecule has 1 N–H and O–H groups in total. The lowest BCUT2D eigenvalue weighted by molar-refractivity contribution is 0.0296. The van der Waals surface area contributed by atoms with E-state index >= 15 is 0 Å². The Hall–Kier alpha value is -3.69. The fourth-order valence-electron chi connectivity index (χ4n) is 4.08. The Morgan fingerprint density at radius 3 is 2.37 bits per heavy atom. The second kappa shape index (κ2) is 8.83. The van der Waals surface area contributed by atoms with Crippen molar-refractivity contribution >= 4 is 17.0 Å². The lowest BCUT2D eigenvalue weighted by atomic mass is 10.00. The fraction of sp³-hybridized carbons (Fsp3) is 0.269. The van der Waals surface area contributed by atoms with Gasteiger partial charge in [-0.25, -0.2) is 8.78 Å². The van der Waals surface area contributed by atoms with Crippen LogP contribution in [0.3, 0.4) is 0 Å². The third kappa shape index (κ3) is 4.40. The van der Waals surface area contributed by atoms with E-state index < -0.39 is 28.7 Å². The minimum Gasteiger partial charge on any atom is -0.454 e. The minimum absolute atomic E-state index is 0.148. The molecule has 7 nitrogen and oxygen atoms in total. The highest BCUT2D eigenvalue weighted by Gasteiger charge is 2.26. The number of fused-ring (bicyclic) bond motifs is 1. The maximum absolute atomic E-state index is 15.0. The molecule has 4 heterocycles. The van der Waals surface area contributed by atoms with Crippen molar-refractivity contribution in [2.75, 3.05) is 26.3 Å². The molecule has 1 saturated heterocycles. The lowest BCUT2D eigenvalue weighted by Gasteiger charge is -2.27. The Morgan fingerprint density at radius 2 is 1.69 bits per heavy atom. The highest BCUT2D eigenvalue weighted by molar-refractivity contribution is 5.96. The zero-order valence-electron chi connectivity index (χ0n) is 19.2. The SMILES string of the molecule is CC(C)(O)c1cc(-c2ccnc3cc(-c4cc(F)c(C(=O)N5CCOCC5)c(F)c4)oc23)ccn1. The Balaban J connectivity index is 1.54.